The van der Waals surface area contributed by atoms with Crippen molar-refractivity contribution in [3.8, 4) is 16.9 Å². The molecule has 0 saturated carbocycles. The van der Waals surface area contributed by atoms with Gasteiger partial charge in [0, 0.05) is 37.6 Å². The molecule has 0 radical (unpaired) electrons. The van der Waals surface area contributed by atoms with Gasteiger partial charge in [0.05, 0.1) is 11.3 Å². The monoisotopic (exact) mass is 457 g/mol. The van der Waals surface area contributed by atoms with Crippen molar-refractivity contribution in [2.75, 3.05) is 19.6 Å². The molecule has 5 heteroatoms. The number of para-hydroxylation sites is 1. The largest absolute Gasteiger partial charge is 0.333 e. The van der Waals surface area contributed by atoms with E-state index in [0.717, 1.165) is 42.0 Å². The fraction of sp³-hybridized carbons (Fsp3) is 0.179. The highest BCUT2D eigenvalue weighted by Gasteiger charge is 2.30. The molecule has 1 saturated heterocycles. The van der Waals surface area contributed by atoms with Crippen LogP contribution < -0.4 is 5.32 Å². The van der Waals surface area contributed by atoms with Gasteiger partial charge in [-0.1, -0.05) is 78.9 Å². The van der Waals surface area contributed by atoms with Crippen molar-refractivity contribution in [3.05, 3.63) is 114 Å². The van der Waals surface area contributed by atoms with Crippen molar-refractivity contribution >= 4 is 18.3 Å². The molecule has 1 aromatic heterocycles. The third-order valence-electron chi connectivity index (χ3n) is 6.12. The zero-order chi connectivity index (χ0) is 21.8. The van der Waals surface area contributed by atoms with Gasteiger partial charge in [0.15, 0.2) is 0 Å². The predicted molar refractivity (Wildman–Crippen MR) is 136 cm³/mol. The molecule has 4 aromatic rings. The normalized spacial score (nSPS) is 15.6. The molecular formula is C28H28ClN3O. The second-order valence-electron chi connectivity index (χ2n) is 8.20. The Morgan fingerprint density at radius 3 is 2.18 bits per heavy atom. The summed E-state index contributed by atoms with van der Waals surface area (Å²) in [5.74, 6) is 0.0981. The lowest BCUT2D eigenvalue weighted by atomic mass is 10.0. The van der Waals surface area contributed by atoms with Crippen LogP contribution in [0.3, 0.4) is 0 Å². The third kappa shape index (κ3) is 4.87. The van der Waals surface area contributed by atoms with Crippen molar-refractivity contribution in [1.29, 1.82) is 0 Å². The summed E-state index contributed by atoms with van der Waals surface area (Å²) < 4.78 is 2.12. The molecule has 4 nitrogen and oxygen atoms in total. The van der Waals surface area contributed by atoms with Gasteiger partial charge in [-0.3, -0.25) is 4.79 Å². The molecule has 1 N–H and O–H groups in total. The van der Waals surface area contributed by atoms with Crippen molar-refractivity contribution in [1.82, 2.24) is 14.8 Å². The smallest absolute Gasteiger partial charge is 0.256 e. The number of nitrogens with zero attached hydrogens (tertiary/aromatic N) is 2. The number of hydrogen-bond acceptors (Lipinski definition) is 2. The van der Waals surface area contributed by atoms with Crippen molar-refractivity contribution in [2.24, 2.45) is 0 Å². The molecule has 1 fully saturated rings. The van der Waals surface area contributed by atoms with Gasteiger partial charge in [0.25, 0.3) is 5.91 Å². The molecule has 2 heterocycles. The van der Waals surface area contributed by atoms with E-state index in [1.807, 2.05) is 54.7 Å². The average Bonchev–Trinajstić information content (AvgIpc) is 3.31. The molecular weight excluding hydrogens is 430 g/mol. The number of halogens is 1. The van der Waals surface area contributed by atoms with E-state index in [1.54, 1.807) is 0 Å². The maximum atomic E-state index is 13.9. The van der Waals surface area contributed by atoms with Gasteiger partial charge in [-0.25, -0.2) is 0 Å². The number of amides is 1. The van der Waals surface area contributed by atoms with Gasteiger partial charge in [-0.15, -0.1) is 12.4 Å². The van der Waals surface area contributed by atoms with Crippen LogP contribution >= 0.6 is 12.4 Å². The molecule has 0 unspecified atom stereocenters. The molecule has 1 aliphatic heterocycles. The van der Waals surface area contributed by atoms with Crippen LogP contribution in [0.1, 0.15) is 15.9 Å². The molecule has 0 aliphatic carbocycles. The first-order chi connectivity index (χ1) is 15.8. The Kier molecular flexibility index (Phi) is 7.28. The van der Waals surface area contributed by atoms with E-state index in [9.17, 15) is 4.79 Å². The van der Waals surface area contributed by atoms with E-state index in [0.29, 0.717) is 6.54 Å². The van der Waals surface area contributed by atoms with E-state index in [1.165, 1.54) is 5.56 Å². The summed E-state index contributed by atoms with van der Waals surface area (Å²) in [5.41, 5.74) is 5.04. The van der Waals surface area contributed by atoms with Crippen LogP contribution in [0.4, 0.5) is 0 Å². The van der Waals surface area contributed by atoms with Gasteiger partial charge < -0.3 is 14.8 Å². The van der Waals surface area contributed by atoms with E-state index in [2.05, 4.69) is 63.3 Å². The molecule has 1 amide bonds. The van der Waals surface area contributed by atoms with Crippen LogP contribution in [-0.2, 0) is 6.42 Å². The zero-order valence-corrected chi connectivity index (χ0v) is 19.2. The number of hydrogen-bond donors (Lipinski definition) is 1. The summed E-state index contributed by atoms with van der Waals surface area (Å²) >= 11 is 0. The summed E-state index contributed by atoms with van der Waals surface area (Å²) in [7, 11) is 0. The Labute approximate surface area is 201 Å². The Hall–Kier alpha value is -3.34. The minimum atomic E-state index is 0. The molecule has 33 heavy (non-hydrogen) atoms. The van der Waals surface area contributed by atoms with Gasteiger partial charge in [-0.05, 0) is 35.7 Å². The van der Waals surface area contributed by atoms with Gasteiger partial charge in [0.1, 0.15) is 0 Å². The first kappa shape index (κ1) is 22.8. The Morgan fingerprint density at radius 1 is 0.848 bits per heavy atom. The molecule has 1 atom stereocenters. The fourth-order valence-electron chi connectivity index (χ4n) is 4.55. The minimum Gasteiger partial charge on any atom is -0.333 e. The van der Waals surface area contributed by atoms with Gasteiger partial charge in [-0.2, -0.15) is 0 Å². The summed E-state index contributed by atoms with van der Waals surface area (Å²) in [6.45, 7) is 2.33. The topological polar surface area (TPSA) is 37.3 Å². The molecule has 3 aromatic carbocycles. The standard InChI is InChI=1S/C28H27N3O.ClH/c32-28(31-19-17-29-21-25(31)20-22-10-4-1-5-11-22)26-16-18-30(24-14-8-3-9-15-24)27(26)23-12-6-2-7-13-23;/h1-16,18,25,29H,17,19-21H2;1H/t25-;/m1./s1. The number of aromatic nitrogens is 1. The lowest BCUT2D eigenvalue weighted by Gasteiger charge is -2.36. The summed E-state index contributed by atoms with van der Waals surface area (Å²) in [5, 5.41) is 3.47. The quantitative estimate of drug-likeness (QED) is 0.446. The SMILES string of the molecule is Cl.O=C(c1ccn(-c2ccccc2)c1-c1ccccc1)N1CCNC[C@H]1Cc1ccccc1. The first-order valence-electron chi connectivity index (χ1n) is 11.2. The van der Waals surface area contributed by atoms with E-state index >= 15 is 0 Å². The van der Waals surface area contributed by atoms with Crippen LogP contribution in [0.2, 0.25) is 0 Å². The van der Waals surface area contributed by atoms with Crippen molar-refractivity contribution < 1.29 is 4.79 Å². The van der Waals surface area contributed by atoms with E-state index in [4.69, 9.17) is 0 Å². The summed E-state index contributed by atoms with van der Waals surface area (Å²) in [6.07, 6.45) is 2.86. The molecule has 168 valence electrons. The van der Waals surface area contributed by atoms with Crippen LogP contribution in [-0.4, -0.2) is 41.1 Å². The van der Waals surface area contributed by atoms with Crippen LogP contribution in [0, 0.1) is 0 Å². The highest BCUT2D eigenvalue weighted by Crippen LogP contribution is 2.30. The second-order valence-corrected chi connectivity index (χ2v) is 8.20. The number of nitrogens with one attached hydrogen (secondary N) is 1. The Morgan fingerprint density at radius 2 is 1.48 bits per heavy atom. The summed E-state index contributed by atoms with van der Waals surface area (Å²) in [4.78, 5) is 16.0. The number of rotatable bonds is 5. The van der Waals surface area contributed by atoms with Gasteiger partial charge in [0.2, 0.25) is 0 Å². The Bertz CT molecular complexity index is 1180. The predicted octanol–water partition coefficient (Wildman–Crippen LogP) is 5.22. The van der Waals surface area contributed by atoms with E-state index in [-0.39, 0.29) is 24.4 Å². The first-order valence-corrected chi connectivity index (χ1v) is 11.2. The van der Waals surface area contributed by atoms with E-state index < -0.39 is 0 Å². The maximum Gasteiger partial charge on any atom is 0.256 e. The number of piperazine rings is 1. The second kappa shape index (κ2) is 10.5. The molecule has 0 spiro atoms. The average molecular weight is 458 g/mol. The molecule has 0 bridgehead atoms. The molecule has 1 aliphatic rings. The summed E-state index contributed by atoms with van der Waals surface area (Å²) in [6, 6.07) is 32.9. The highest BCUT2D eigenvalue weighted by molar-refractivity contribution is 6.01. The maximum absolute atomic E-state index is 13.9. The van der Waals surface area contributed by atoms with Crippen LogP contribution in [0.15, 0.2) is 103 Å². The van der Waals surface area contributed by atoms with Crippen LogP contribution in [0.5, 0.6) is 0 Å². The van der Waals surface area contributed by atoms with Crippen LogP contribution in [0.25, 0.3) is 16.9 Å². The van der Waals surface area contributed by atoms with Crippen molar-refractivity contribution in [3.63, 3.8) is 0 Å². The third-order valence-corrected chi connectivity index (χ3v) is 6.12. The van der Waals surface area contributed by atoms with Gasteiger partial charge >= 0.3 is 0 Å². The zero-order valence-electron chi connectivity index (χ0n) is 18.4. The molecule has 5 rings (SSSR count). The number of carbonyl (C=O) groups excluding carboxylic acids is 1. The minimum absolute atomic E-state index is 0. The lowest BCUT2D eigenvalue weighted by molar-refractivity contribution is 0.0637. The number of carbonyl (C=O) groups is 1. The number of benzene rings is 3. The highest BCUT2D eigenvalue weighted by atomic mass is 35.5. The van der Waals surface area contributed by atoms with Crippen molar-refractivity contribution in [2.45, 2.75) is 12.5 Å². The Balaban J connectivity index is 0.00000259. The fourth-order valence-corrected chi connectivity index (χ4v) is 4.55. The lowest BCUT2D eigenvalue weighted by Crippen LogP contribution is -2.54.